The van der Waals surface area contributed by atoms with Gasteiger partial charge in [-0.2, -0.15) is 16.7 Å². The Morgan fingerprint density at radius 1 is 1.38 bits per heavy atom. The zero-order valence-corrected chi connectivity index (χ0v) is 10.7. The van der Waals surface area contributed by atoms with Gasteiger partial charge in [-0.1, -0.05) is 0 Å². The Kier molecular flexibility index (Phi) is 3.66. The second-order valence-corrected chi connectivity index (χ2v) is 5.01. The van der Waals surface area contributed by atoms with Crippen molar-refractivity contribution in [1.82, 2.24) is 15.3 Å². The number of hydrogen-bond donors (Lipinski definition) is 1. The molecule has 2 heterocycles. The molecule has 1 aliphatic heterocycles. The van der Waals surface area contributed by atoms with Crippen molar-refractivity contribution in [3.8, 4) is 5.88 Å². The van der Waals surface area contributed by atoms with E-state index in [-0.39, 0.29) is 0 Å². The fourth-order valence-corrected chi connectivity index (χ4v) is 2.95. The van der Waals surface area contributed by atoms with Crippen molar-refractivity contribution < 1.29 is 4.74 Å². The maximum Gasteiger partial charge on any atom is 0.221 e. The molecule has 1 saturated heterocycles. The predicted molar refractivity (Wildman–Crippen MR) is 66.1 cm³/mol. The van der Waals surface area contributed by atoms with E-state index in [9.17, 15) is 0 Å². The molecule has 0 saturated carbocycles. The van der Waals surface area contributed by atoms with Gasteiger partial charge in [0.1, 0.15) is 5.82 Å². The maximum atomic E-state index is 5.36. The van der Waals surface area contributed by atoms with Gasteiger partial charge in [0.25, 0.3) is 0 Å². The molecule has 1 aliphatic rings. The van der Waals surface area contributed by atoms with Gasteiger partial charge in [-0.3, -0.25) is 0 Å². The molecule has 5 heteroatoms. The van der Waals surface area contributed by atoms with E-state index in [1.807, 2.05) is 25.6 Å². The first-order chi connectivity index (χ1) is 7.72. The van der Waals surface area contributed by atoms with Crippen molar-refractivity contribution in [1.29, 1.82) is 0 Å². The van der Waals surface area contributed by atoms with Gasteiger partial charge >= 0.3 is 0 Å². The Hall–Kier alpha value is -0.810. The second kappa shape index (κ2) is 5.01. The summed E-state index contributed by atoms with van der Waals surface area (Å²) >= 11 is 1.96. The molecule has 0 aromatic carbocycles. The van der Waals surface area contributed by atoms with Crippen molar-refractivity contribution in [3.63, 3.8) is 0 Å². The fourth-order valence-electron chi connectivity index (χ4n) is 2.00. The van der Waals surface area contributed by atoms with E-state index < -0.39 is 0 Å². The van der Waals surface area contributed by atoms with Crippen LogP contribution in [0.15, 0.2) is 0 Å². The van der Waals surface area contributed by atoms with Crippen molar-refractivity contribution in [2.24, 2.45) is 0 Å². The highest BCUT2D eigenvalue weighted by Gasteiger charge is 2.22. The molecule has 1 atom stereocenters. The number of aryl methyl sites for hydroxylation is 2. The Bertz CT molecular complexity index is 378. The highest BCUT2D eigenvalue weighted by atomic mass is 32.2. The normalized spacial score (nSPS) is 20.8. The van der Waals surface area contributed by atoms with E-state index in [0.717, 1.165) is 29.4 Å². The lowest BCUT2D eigenvalue weighted by atomic mass is 10.1. The molecule has 2 rings (SSSR count). The molecule has 1 unspecified atom stereocenters. The van der Waals surface area contributed by atoms with E-state index in [1.165, 1.54) is 5.75 Å². The van der Waals surface area contributed by atoms with Crippen molar-refractivity contribution in [2.75, 3.05) is 25.2 Å². The molecular weight excluding hydrogens is 222 g/mol. The molecule has 1 aromatic rings. The van der Waals surface area contributed by atoms with Gasteiger partial charge in [-0.25, -0.2) is 4.98 Å². The van der Waals surface area contributed by atoms with Crippen LogP contribution in [0.25, 0.3) is 0 Å². The SMILES string of the molecule is COc1nc(C)nc(C)c1C1CSCCN1. The lowest BCUT2D eigenvalue weighted by molar-refractivity contribution is 0.381. The minimum Gasteiger partial charge on any atom is -0.481 e. The molecular formula is C11H17N3OS. The van der Waals surface area contributed by atoms with Crippen LogP contribution in [0, 0.1) is 13.8 Å². The van der Waals surface area contributed by atoms with Crippen LogP contribution in [-0.4, -0.2) is 35.1 Å². The zero-order chi connectivity index (χ0) is 11.5. The third-order valence-corrected chi connectivity index (χ3v) is 3.74. The number of nitrogens with zero attached hydrogens (tertiary/aromatic N) is 2. The Labute approximate surface area is 100 Å². The topological polar surface area (TPSA) is 47.0 Å². The first-order valence-electron chi connectivity index (χ1n) is 5.42. The average Bonchev–Trinajstić information content (AvgIpc) is 2.29. The van der Waals surface area contributed by atoms with E-state index in [2.05, 4.69) is 15.3 Å². The molecule has 1 fully saturated rings. The summed E-state index contributed by atoms with van der Waals surface area (Å²) in [6, 6.07) is 0.314. The molecule has 1 N–H and O–H groups in total. The third-order valence-electron chi connectivity index (χ3n) is 2.68. The number of nitrogens with one attached hydrogen (secondary N) is 1. The zero-order valence-electron chi connectivity index (χ0n) is 9.91. The van der Waals surface area contributed by atoms with Gasteiger partial charge in [-0.05, 0) is 13.8 Å². The van der Waals surface area contributed by atoms with Crippen LogP contribution < -0.4 is 10.1 Å². The lowest BCUT2D eigenvalue weighted by Gasteiger charge is -2.25. The Morgan fingerprint density at radius 2 is 2.19 bits per heavy atom. The van der Waals surface area contributed by atoms with Crippen molar-refractivity contribution >= 4 is 11.8 Å². The van der Waals surface area contributed by atoms with Crippen LogP contribution in [0.5, 0.6) is 5.88 Å². The number of rotatable bonds is 2. The fraction of sp³-hybridized carbons (Fsp3) is 0.636. The molecule has 4 nitrogen and oxygen atoms in total. The quantitative estimate of drug-likeness (QED) is 0.847. The number of aromatic nitrogens is 2. The van der Waals surface area contributed by atoms with Crippen LogP contribution in [0.3, 0.4) is 0 Å². The first-order valence-corrected chi connectivity index (χ1v) is 6.58. The minimum absolute atomic E-state index is 0.314. The monoisotopic (exact) mass is 239 g/mol. The van der Waals surface area contributed by atoms with Crippen LogP contribution in [0.1, 0.15) is 23.1 Å². The summed E-state index contributed by atoms with van der Waals surface area (Å²) in [7, 11) is 1.67. The second-order valence-electron chi connectivity index (χ2n) is 3.86. The minimum atomic E-state index is 0.314. The van der Waals surface area contributed by atoms with Crippen LogP contribution >= 0.6 is 11.8 Å². The molecule has 0 amide bonds. The van der Waals surface area contributed by atoms with Crippen LogP contribution in [0.4, 0.5) is 0 Å². The molecule has 1 aromatic heterocycles. The van der Waals surface area contributed by atoms with Gasteiger partial charge in [-0.15, -0.1) is 0 Å². The maximum absolute atomic E-state index is 5.36. The summed E-state index contributed by atoms with van der Waals surface area (Å²) in [6.07, 6.45) is 0. The van der Waals surface area contributed by atoms with Gasteiger partial charge < -0.3 is 10.1 Å². The van der Waals surface area contributed by atoms with Crippen molar-refractivity contribution in [3.05, 3.63) is 17.1 Å². The molecule has 0 radical (unpaired) electrons. The summed E-state index contributed by atoms with van der Waals surface area (Å²) in [5.74, 6) is 3.71. The average molecular weight is 239 g/mol. The first kappa shape index (κ1) is 11.7. The predicted octanol–water partition coefficient (Wildman–Crippen LogP) is 1.48. The van der Waals surface area contributed by atoms with E-state index in [0.29, 0.717) is 11.9 Å². The summed E-state index contributed by atoms with van der Waals surface area (Å²) in [4.78, 5) is 8.76. The highest BCUT2D eigenvalue weighted by molar-refractivity contribution is 7.99. The molecule has 0 aliphatic carbocycles. The summed E-state index contributed by atoms with van der Waals surface area (Å²) in [5.41, 5.74) is 2.13. The summed E-state index contributed by atoms with van der Waals surface area (Å²) in [5, 5.41) is 3.49. The number of thioether (sulfide) groups is 1. The van der Waals surface area contributed by atoms with Gasteiger partial charge in [0.15, 0.2) is 0 Å². The standard InChI is InChI=1S/C11H17N3OS/c1-7-10(9-6-16-5-4-12-9)11(15-3)14-8(2)13-7/h9,12H,4-6H2,1-3H3. The van der Waals surface area contributed by atoms with E-state index >= 15 is 0 Å². The molecule has 88 valence electrons. The van der Waals surface area contributed by atoms with Crippen LogP contribution in [-0.2, 0) is 0 Å². The van der Waals surface area contributed by atoms with Gasteiger partial charge in [0.05, 0.1) is 12.7 Å². The smallest absolute Gasteiger partial charge is 0.221 e. The van der Waals surface area contributed by atoms with Crippen molar-refractivity contribution in [2.45, 2.75) is 19.9 Å². The van der Waals surface area contributed by atoms with E-state index in [1.54, 1.807) is 7.11 Å². The van der Waals surface area contributed by atoms with E-state index in [4.69, 9.17) is 4.74 Å². The summed E-state index contributed by atoms with van der Waals surface area (Å²) in [6.45, 7) is 4.95. The highest BCUT2D eigenvalue weighted by Crippen LogP contribution is 2.29. The Balaban J connectivity index is 2.37. The number of ether oxygens (including phenoxy) is 1. The lowest BCUT2D eigenvalue weighted by Crippen LogP contribution is -2.31. The van der Waals surface area contributed by atoms with Gasteiger partial charge in [0, 0.05) is 29.8 Å². The third kappa shape index (κ3) is 2.30. The molecule has 0 spiro atoms. The molecule has 16 heavy (non-hydrogen) atoms. The Morgan fingerprint density at radius 3 is 2.81 bits per heavy atom. The summed E-state index contributed by atoms with van der Waals surface area (Å²) < 4.78 is 5.36. The van der Waals surface area contributed by atoms with Gasteiger partial charge in [0.2, 0.25) is 5.88 Å². The molecule has 0 bridgehead atoms. The van der Waals surface area contributed by atoms with Crippen LogP contribution in [0.2, 0.25) is 0 Å². The largest absolute Gasteiger partial charge is 0.481 e. The number of methoxy groups -OCH3 is 1. The number of hydrogen-bond acceptors (Lipinski definition) is 5.